The van der Waals surface area contributed by atoms with E-state index in [1.807, 2.05) is 0 Å². The van der Waals surface area contributed by atoms with E-state index in [0.29, 0.717) is 6.04 Å². The lowest BCUT2D eigenvalue weighted by molar-refractivity contribution is 0.415. The van der Waals surface area contributed by atoms with E-state index >= 15 is 0 Å². The Morgan fingerprint density at radius 1 is 1.39 bits per heavy atom. The van der Waals surface area contributed by atoms with Gasteiger partial charge in [0.25, 0.3) is 0 Å². The molecule has 2 rings (SSSR count). The van der Waals surface area contributed by atoms with Gasteiger partial charge in [0.05, 0.1) is 7.11 Å². The molecule has 98 valence electrons. The van der Waals surface area contributed by atoms with E-state index in [1.165, 1.54) is 10.4 Å². The summed E-state index contributed by atoms with van der Waals surface area (Å²) in [5.74, 6) is 0.966. The van der Waals surface area contributed by atoms with Crippen LogP contribution in [0, 0.1) is 0 Å². The van der Waals surface area contributed by atoms with Crippen molar-refractivity contribution in [1.82, 2.24) is 5.32 Å². The molecular weight excluding hydrogens is 262 g/mol. The molecule has 0 saturated carbocycles. The van der Waals surface area contributed by atoms with Crippen LogP contribution in [-0.4, -0.2) is 13.7 Å². The van der Waals surface area contributed by atoms with Crippen LogP contribution in [0.15, 0.2) is 28.3 Å². The molecule has 0 bridgehead atoms. The SMILES string of the molecule is CCNC(CCc1ccsc1)c1cc(OC)cs1. The summed E-state index contributed by atoms with van der Waals surface area (Å²) in [6.45, 7) is 3.15. The molecule has 0 radical (unpaired) electrons. The third-order valence-corrected chi connectivity index (χ3v) is 4.68. The molecule has 0 fully saturated rings. The lowest BCUT2D eigenvalue weighted by Gasteiger charge is -2.15. The standard InChI is InChI=1S/C14H19NOS2/c1-3-15-13(5-4-11-6-7-17-9-11)14-8-12(16-2)10-18-14/h6-10,13,15H,3-5H2,1-2H3. The summed E-state index contributed by atoms with van der Waals surface area (Å²) >= 11 is 3.54. The number of methoxy groups -OCH3 is 1. The van der Waals surface area contributed by atoms with Gasteiger partial charge < -0.3 is 10.1 Å². The Kier molecular flexibility index (Phi) is 5.23. The van der Waals surface area contributed by atoms with Crippen LogP contribution in [0.3, 0.4) is 0 Å². The van der Waals surface area contributed by atoms with Crippen molar-refractivity contribution in [3.05, 3.63) is 38.7 Å². The van der Waals surface area contributed by atoms with E-state index < -0.39 is 0 Å². The van der Waals surface area contributed by atoms with Gasteiger partial charge in [-0.15, -0.1) is 11.3 Å². The van der Waals surface area contributed by atoms with Crippen molar-refractivity contribution in [3.63, 3.8) is 0 Å². The van der Waals surface area contributed by atoms with Gasteiger partial charge in [-0.3, -0.25) is 0 Å². The van der Waals surface area contributed by atoms with Gasteiger partial charge in [-0.25, -0.2) is 0 Å². The number of aryl methyl sites for hydroxylation is 1. The van der Waals surface area contributed by atoms with Crippen molar-refractivity contribution in [2.75, 3.05) is 13.7 Å². The minimum Gasteiger partial charge on any atom is -0.496 e. The average Bonchev–Trinajstić information content (AvgIpc) is 3.05. The van der Waals surface area contributed by atoms with E-state index in [1.54, 1.807) is 29.8 Å². The summed E-state index contributed by atoms with van der Waals surface area (Å²) in [7, 11) is 1.72. The highest BCUT2D eigenvalue weighted by Gasteiger charge is 2.13. The molecule has 4 heteroatoms. The highest BCUT2D eigenvalue weighted by molar-refractivity contribution is 7.10. The number of hydrogen-bond acceptors (Lipinski definition) is 4. The molecule has 0 saturated heterocycles. The Balaban J connectivity index is 1.98. The van der Waals surface area contributed by atoms with Gasteiger partial charge in [0.1, 0.15) is 5.75 Å². The number of rotatable bonds is 7. The van der Waals surface area contributed by atoms with Gasteiger partial charge >= 0.3 is 0 Å². The summed E-state index contributed by atoms with van der Waals surface area (Å²) in [5.41, 5.74) is 1.44. The Labute approximate surface area is 117 Å². The van der Waals surface area contributed by atoms with Crippen LogP contribution in [0.1, 0.15) is 29.8 Å². The molecule has 0 spiro atoms. The predicted molar refractivity (Wildman–Crippen MR) is 79.9 cm³/mol. The smallest absolute Gasteiger partial charge is 0.129 e. The summed E-state index contributed by atoms with van der Waals surface area (Å²) < 4.78 is 5.26. The van der Waals surface area contributed by atoms with Crippen LogP contribution in [0.25, 0.3) is 0 Å². The maximum absolute atomic E-state index is 5.26. The van der Waals surface area contributed by atoms with Gasteiger partial charge in [0.2, 0.25) is 0 Å². The number of ether oxygens (including phenoxy) is 1. The molecule has 0 aliphatic heterocycles. The van der Waals surface area contributed by atoms with Crippen LogP contribution in [0.4, 0.5) is 0 Å². The average molecular weight is 281 g/mol. The third kappa shape index (κ3) is 3.57. The van der Waals surface area contributed by atoms with Crippen LogP contribution < -0.4 is 10.1 Å². The Hall–Kier alpha value is -0.840. The summed E-state index contributed by atoms with van der Waals surface area (Å²) in [6, 6.07) is 4.79. The van der Waals surface area contributed by atoms with E-state index in [4.69, 9.17) is 4.74 Å². The zero-order chi connectivity index (χ0) is 12.8. The minimum atomic E-state index is 0.434. The van der Waals surface area contributed by atoms with Crippen LogP contribution >= 0.6 is 22.7 Å². The molecule has 1 unspecified atom stereocenters. The molecule has 1 N–H and O–H groups in total. The predicted octanol–water partition coefficient (Wildman–Crippen LogP) is 4.10. The first-order valence-electron chi connectivity index (χ1n) is 6.20. The Bertz CT molecular complexity index is 450. The van der Waals surface area contributed by atoms with Gasteiger partial charge in [-0.2, -0.15) is 11.3 Å². The molecular formula is C14H19NOS2. The normalized spacial score (nSPS) is 12.6. The van der Waals surface area contributed by atoms with Crippen molar-refractivity contribution >= 4 is 22.7 Å². The summed E-state index contributed by atoms with van der Waals surface area (Å²) in [5, 5.41) is 10.0. The second-order valence-corrected chi connectivity index (χ2v) is 5.89. The largest absolute Gasteiger partial charge is 0.496 e. The molecule has 1 atom stereocenters. The Morgan fingerprint density at radius 2 is 2.28 bits per heavy atom. The van der Waals surface area contributed by atoms with E-state index in [-0.39, 0.29) is 0 Å². The molecule has 0 aliphatic rings. The van der Waals surface area contributed by atoms with Crippen molar-refractivity contribution in [2.45, 2.75) is 25.8 Å². The van der Waals surface area contributed by atoms with Crippen LogP contribution in [0.5, 0.6) is 5.75 Å². The number of thiophene rings is 2. The highest BCUT2D eigenvalue weighted by atomic mass is 32.1. The zero-order valence-electron chi connectivity index (χ0n) is 10.8. The first-order chi connectivity index (χ1) is 8.83. The van der Waals surface area contributed by atoms with E-state index in [2.05, 4.69) is 40.5 Å². The fourth-order valence-electron chi connectivity index (χ4n) is 1.96. The van der Waals surface area contributed by atoms with Crippen molar-refractivity contribution in [1.29, 1.82) is 0 Å². The van der Waals surface area contributed by atoms with Crippen molar-refractivity contribution in [2.24, 2.45) is 0 Å². The first-order valence-corrected chi connectivity index (χ1v) is 8.02. The van der Waals surface area contributed by atoms with Crippen molar-refractivity contribution in [3.8, 4) is 5.75 Å². The molecule has 0 amide bonds. The molecule has 18 heavy (non-hydrogen) atoms. The Morgan fingerprint density at radius 3 is 2.89 bits per heavy atom. The summed E-state index contributed by atoms with van der Waals surface area (Å²) in [6.07, 6.45) is 2.26. The van der Waals surface area contributed by atoms with Gasteiger partial charge in [0, 0.05) is 16.3 Å². The third-order valence-electron chi connectivity index (χ3n) is 2.93. The highest BCUT2D eigenvalue weighted by Crippen LogP contribution is 2.29. The maximum atomic E-state index is 5.26. The van der Waals surface area contributed by atoms with Crippen LogP contribution in [-0.2, 0) is 6.42 Å². The molecule has 0 aliphatic carbocycles. The second-order valence-electron chi connectivity index (χ2n) is 4.17. The molecule has 2 aromatic rings. The number of hydrogen-bond donors (Lipinski definition) is 1. The molecule has 2 heterocycles. The van der Waals surface area contributed by atoms with Gasteiger partial charge in [-0.1, -0.05) is 6.92 Å². The second kappa shape index (κ2) is 6.92. The lowest BCUT2D eigenvalue weighted by Crippen LogP contribution is -2.20. The van der Waals surface area contributed by atoms with Crippen LogP contribution in [0.2, 0.25) is 0 Å². The lowest BCUT2D eigenvalue weighted by atomic mass is 10.1. The fourth-order valence-corrected chi connectivity index (χ4v) is 3.63. The topological polar surface area (TPSA) is 21.3 Å². The minimum absolute atomic E-state index is 0.434. The summed E-state index contributed by atoms with van der Waals surface area (Å²) in [4.78, 5) is 1.36. The fraction of sp³-hybridized carbons (Fsp3) is 0.429. The molecule has 0 aromatic carbocycles. The molecule has 2 aromatic heterocycles. The van der Waals surface area contributed by atoms with E-state index in [9.17, 15) is 0 Å². The quantitative estimate of drug-likeness (QED) is 0.825. The van der Waals surface area contributed by atoms with Gasteiger partial charge in [0.15, 0.2) is 0 Å². The maximum Gasteiger partial charge on any atom is 0.129 e. The van der Waals surface area contributed by atoms with Gasteiger partial charge in [-0.05, 0) is 47.8 Å². The van der Waals surface area contributed by atoms with E-state index in [0.717, 1.165) is 25.1 Å². The first kappa shape index (κ1) is 13.6. The monoisotopic (exact) mass is 281 g/mol. The number of nitrogens with one attached hydrogen (secondary N) is 1. The van der Waals surface area contributed by atoms with Crippen molar-refractivity contribution < 1.29 is 4.74 Å². The molecule has 2 nitrogen and oxygen atoms in total. The zero-order valence-corrected chi connectivity index (χ0v) is 12.4.